The summed E-state index contributed by atoms with van der Waals surface area (Å²) in [6, 6.07) is 10.5. The summed E-state index contributed by atoms with van der Waals surface area (Å²) >= 11 is 0. The number of anilines is 1. The van der Waals surface area contributed by atoms with Crippen LogP contribution >= 0.6 is 0 Å². The van der Waals surface area contributed by atoms with Crippen molar-refractivity contribution in [3.63, 3.8) is 0 Å². The molecule has 0 atom stereocenters. The van der Waals surface area contributed by atoms with Crippen molar-refractivity contribution in [2.45, 2.75) is 18.4 Å². The number of nitrogens with two attached hydrogens (primary N) is 1. The topological polar surface area (TPSA) is 63.4 Å². The van der Waals surface area contributed by atoms with Crippen molar-refractivity contribution in [2.24, 2.45) is 0 Å². The molecule has 0 saturated heterocycles. The van der Waals surface area contributed by atoms with Crippen LogP contribution in [0.2, 0.25) is 0 Å². The van der Waals surface area contributed by atoms with E-state index >= 15 is 0 Å². The van der Waals surface area contributed by atoms with E-state index in [4.69, 9.17) is 5.73 Å². The Morgan fingerprint density at radius 2 is 1.90 bits per heavy atom. The van der Waals surface area contributed by atoms with E-state index in [1.807, 2.05) is 6.92 Å². The highest BCUT2D eigenvalue weighted by molar-refractivity contribution is 7.89. The molecule has 0 aliphatic rings. The lowest BCUT2D eigenvalue weighted by atomic mass is 10.2. The van der Waals surface area contributed by atoms with Crippen LogP contribution in [0.5, 0.6) is 0 Å². The Kier molecular flexibility index (Phi) is 4.29. The minimum atomic E-state index is -3.66. The number of nitrogen functional groups attached to an aromatic ring is 1. The average molecular weight is 308 g/mol. The van der Waals surface area contributed by atoms with Gasteiger partial charge >= 0.3 is 0 Å². The molecule has 0 aliphatic heterocycles. The molecule has 6 heteroatoms. The summed E-state index contributed by atoms with van der Waals surface area (Å²) in [5.74, 6) is -0.391. The molecule has 2 aromatic carbocycles. The van der Waals surface area contributed by atoms with E-state index in [1.165, 1.54) is 35.6 Å². The van der Waals surface area contributed by atoms with Crippen molar-refractivity contribution in [1.29, 1.82) is 0 Å². The molecule has 0 bridgehead atoms. The van der Waals surface area contributed by atoms with Gasteiger partial charge in [-0.3, -0.25) is 0 Å². The normalized spacial score (nSPS) is 11.8. The first-order valence-corrected chi connectivity index (χ1v) is 7.81. The molecule has 0 aliphatic carbocycles. The Morgan fingerprint density at radius 3 is 2.52 bits per heavy atom. The van der Waals surface area contributed by atoms with Crippen molar-refractivity contribution in [1.82, 2.24) is 4.31 Å². The number of aryl methyl sites for hydroxylation is 1. The molecule has 2 aromatic rings. The Labute approximate surface area is 124 Å². The lowest BCUT2D eigenvalue weighted by Gasteiger charge is -2.18. The first kappa shape index (κ1) is 15.5. The number of rotatable bonds is 4. The number of sulfonamides is 1. The first-order chi connectivity index (χ1) is 9.80. The molecule has 0 aromatic heterocycles. The zero-order chi connectivity index (χ0) is 15.6. The molecule has 112 valence electrons. The van der Waals surface area contributed by atoms with Gasteiger partial charge in [0, 0.05) is 19.3 Å². The Balaban J connectivity index is 2.28. The number of hydrogen-bond donors (Lipinski definition) is 1. The molecule has 0 spiro atoms. The Hall–Kier alpha value is -1.92. The van der Waals surface area contributed by atoms with E-state index < -0.39 is 15.8 Å². The SMILES string of the molecule is Cc1ccc(S(=O)(=O)N(C)Cc2cccc(F)c2)cc1N. The van der Waals surface area contributed by atoms with Gasteiger partial charge in [0.15, 0.2) is 0 Å². The summed E-state index contributed by atoms with van der Waals surface area (Å²) < 4.78 is 39.2. The second-order valence-corrected chi connectivity index (χ2v) is 6.95. The van der Waals surface area contributed by atoms with Gasteiger partial charge in [-0.1, -0.05) is 18.2 Å². The molecule has 2 rings (SSSR count). The van der Waals surface area contributed by atoms with Gasteiger partial charge < -0.3 is 5.73 Å². The lowest BCUT2D eigenvalue weighted by Crippen LogP contribution is -2.26. The highest BCUT2D eigenvalue weighted by Crippen LogP contribution is 2.21. The van der Waals surface area contributed by atoms with Gasteiger partial charge in [-0.15, -0.1) is 0 Å². The van der Waals surface area contributed by atoms with Gasteiger partial charge in [-0.05, 0) is 42.3 Å². The van der Waals surface area contributed by atoms with E-state index in [2.05, 4.69) is 0 Å². The third-order valence-electron chi connectivity index (χ3n) is 3.25. The fourth-order valence-electron chi connectivity index (χ4n) is 1.94. The van der Waals surface area contributed by atoms with Crippen LogP contribution in [0.4, 0.5) is 10.1 Å². The molecule has 21 heavy (non-hydrogen) atoms. The van der Waals surface area contributed by atoms with Crippen LogP contribution < -0.4 is 5.73 Å². The minimum Gasteiger partial charge on any atom is -0.398 e. The molecule has 0 amide bonds. The monoisotopic (exact) mass is 308 g/mol. The van der Waals surface area contributed by atoms with Crippen molar-refractivity contribution in [2.75, 3.05) is 12.8 Å². The van der Waals surface area contributed by atoms with E-state index in [0.717, 1.165) is 5.56 Å². The zero-order valence-corrected chi connectivity index (χ0v) is 12.7. The predicted octanol–water partition coefficient (Wildman–Crippen LogP) is 2.54. The van der Waals surface area contributed by atoms with Crippen molar-refractivity contribution >= 4 is 15.7 Å². The maximum atomic E-state index is 13.1. The number of benzene rings is 2. The molecule has 2 N–H and O–H groups in total. The molecule has 0 fully saturated rings. The quantitative estimate of drug-likeness (QED) is 0.883. The Bertz CT molecular complexity index is 760. The summed E-state index contributed by atoms with van der Waals surface area (Å²) in [6.45, 7) is 1.90. The van der Waals surface area contributed by atoms with Crippen LogP contribution in [0.1, 0.15) is 11.1 Å². The number of nitrogens with zero attached hydrogens (tertiary/aromatic N) is 1. The highest BCUT2D eigenvalue weighted by atomic mass is 32.2. The van der Waals surface area contributed by atoms with E-state index in [9.17, 15) is 12.8 Å². The maximum absolute atomic E-state index is 13.1. The fourth-order valence-corrected chi connectivity index (χ4v) is 3.13. The molecular formula is C15H17FN2O2S. The minimum absolute atomic E-state index is 0.0911. The van der Waals surface area contributed by atoms with Crippen LogP contribution in [-0.4, -0.2) is 19.8 Å². The summed E-state index contributed by atoms with van der Waals surface area (Å²) in [5.41, 5.74) is 7.59. The standard InChI is InChI=1S/C15H17FN2O2S/c1-11-6-7-14(9-15(11)17)21(19,20)18(2)10-12-4-3-5-13(16)8-12/h3-9H,10,17H2,1-2H3. The van der Waals surface area contributed by atoms with Crippen LogP contribution in [0.3, 0.4) is 0 Å². The van der Waals surface area contributed by atoms with Gasteiger partial charge in [0.05, 0.1) is 4.90 Å². The molecule has 0 unspecified atom stereocenters. The molecule has 0 radical (unpaired) electrons. The van der Waals surface area contributed by atoms with Gasteiger partial charge in [-0.2, -0.15) is 4.31 Å². The Morgan fingerprint density at radius 1 is 1.19 bits per heavy atom. The van der Waals surface area contributed by atoms with Crippen molar-refractivity contribution in [3.8, 4) is 0 Å². The van der Waals surface area contributed by atoms with Crippen molar-refractivity contribution in [3.05, 3.63) is 59.4 Å². The zero-order valence-electron chi connectivity index (χ0n) is 11.9. The van der Waals surface area contributed by atoms with Crippen LogP contribution in [0.25, 0.3) is 0 Å². The predicted molar refractivity (Wildman–Crippen MR) is 80.6 cm³/mol. The smallest absolute Gasteiger partial charge is 0.243 e. The fraction of sp³-hybridized carbons (Fsp3) is 0.200. The maximum Gasteiger partial charge on any atom is 0.243 e. The van der Waals surface area contributed by atoms with E-state index in [1.54, 1.807) is 18.2 Å². The second kappa shape index (κ2) is 5.83. The highest BCUT2D eigenvalue weighted by Gasteiger charge is 2.21. The van der Waals surface area contributed by atoms with Gasteiger partial charge in [0.2, 0.25) is 10.0 Å². The summed E-state index contributed by atoms with van der Waals surface area (Å²) in [7, 11) is -2.20. The second-order valence-electron chi connectivity index (χ2n) is 4.91. The average Bonchev–Trinajstić information content (AvgIpc) is 2.41. The summed E-state index contributed by atoms with van der Waals surface area (Å²) in [6.07, 6.45) is 0. The van der Waals surface area contributed by atoms with E-state index in [0.29, 0.717) is 11.3 Å². The van der Waals surface area contributed by atoms with Gasteiger partial charge in [-0.25, -0.2) is 12.8 Å². The van der Waals surface area contributed by atoms with Crippen LogP contribution in [0, 0.1) is 12.7 Å². The largest absolute Gasteiger partial charge is 0.398 e. The van der Waals surface area contributed by atoms with E-state index in [-0.39, 0.29) is 11.4 Å². The van der Waals surface area contributed by atoms with Crippen LogP contribution in [-0.2, 0) is 16.6 Å². The third-order valence-corrected chi connectivity index (χ3v) is 5.05. The van der Waals surface area contributed by atoms with Gasteiger partial charge in [0.1, 0.15) is 5.82 Å². The molecule has 4 nitrogen and oxygen atoms in total. The molecule has 0 heterocycles. The van der Waals surface area contributed by atoms with Crippen molar-refractivity contribution < 1.29 is 12.8 Å². The van der Waals surface area contributed by atoms with Gasteiger partial charge in [0.25, 0.3) is 0 Å². The summed E-state index contributed by atoms with van der Waals surface area (Å²) in [5, 5.41) is 0. The lowest BCUT2D eigenvalue weighted by molar-refractivity contribution is 0.465. The first-order valence-electron chi connectivity index (χ1n) is 6.37. The third kappa shape index (κ3) is 3.40. The van der Waals surface area contributed by atoms with Crippen LogP contribution in [0.15, 0.2) is 47.4 Å². The number of halogens is 1. The summed E-state index contributed by atoms with van der Waals surface area (Å²) in [4.78, 5) is 0.129. The molecular weight excluding hydrogens is 291 g/mol. The molecule has 0 saturated carbocycles. The number of hydrogen-bond acceptors (Lipinski definition) is 3.